The molecule has 6 heteroatoms. The van der Waals surface area contributed by atoms with Gasteiger partial charge in [0, 0.05) is 25.6 Å². The van der Waals surface area contributed by atoms with Crippen molar-refractivity contribution < 1.29 is 19.5 Å². The Bertz CT molecular complexity index is 542. The van der Waals surface area contributed by atoms with Crippen LogP contribution in [0.25, 0.3) is 0 Å². The summed E-state index contributed by atoms with van der Waals surface area (Å²) in [4.78, 5) is 35.9. The summed E-state index contributed by atoms with van der Waals surface area (Å²) in [6, 6.07) is 6.04. The molecule has 0 radical (unpaired) electrons. The zero-order valence-electron chi connectivity index (χ0n) is 12.4. The molecule has 0 saturated heterocycles. The Hall–Kier alpha value is -2.37. The second-order valence-electron chi connectivity index (χ2n) is 4.81. The highest BCUT2D eigenvalue weighted by Gasteiger charge is 2.26. The lowest BCUT2D eigenvalue weighted by Crippen LogP contribution is -2.46. The SMILES string of the molecule is CC(=O)NCCN(C(=O)c1ccccc1C)C(C)C(=O)O. The number of carbonyl (C=O) groups is 3. The van der Waals surface area contributed by atoms with Crippen molar-refractivity contribution in [2.45, 2.75) is 26.8 Å². The van der Waals surface area contributed by atoms with Crippen LogP contribution in [0.2, 0.25) is 0 Å². The lowest BCUT2D eigenvalue weighted by Gasteiger charge is -2.27. The predicted molar refractivity (Wildman–Crippen MR) is 78.0 cm³/mol. The van der Waals surface area contributed by atoms with Gasteiger partial charge in [0.2, 0.25) is 5.91 Å². The quantitative estimate of drug-likeness (QED) is 0.820. The van der Waals surface area contributed by atoms with Crippen molar-refractivity contribution in [1.82, 2.24) is 10.2 Å². The predicted octanol–water partition coefficient (Wildman–Crippen LogP) is 1.05. The monoisotopic (exact) mass is 292 g/mol. The highest BCUT2D eigenvalue weighted by Crippen LogP contribution is 2.13. The van der Waals surface area contributed by atoms with Gasteiger partial charge in [0.25, 0.3) is 5.91 Å². The van der Waals surface area contributed by atoms with Crippen molar-refractivity contribution in [3.8, 4) is 0 Å². The molecule has 0 saturated carbocycles. The van der Waals surface area contributed by atoms with E-state index in [-0.39, 0.29) is 24.9 Å². The molecule has 0 spiro atoms. The van der Waals surface area contributed by atoms with E-state index in [1.54, 1.807) is 25.1 Å². The molecule has 6 nitrogen and oxygen atoms in total. The number of aryl methyl sites for hydroxylation is 1. The molecule has 0 fully saturated rings. The first-order chi connectivity index (χ1) is 9.84. The van der Waals surface area contributed by atoms with Gasteiger partial charge in [-0.3, -0.25) is 9.59 Å². The van der Waals surface area contributed by atoms with Gasteiger partial charge in [0.15, 0.2) is 0 Å². The van der Waals surface area contributed by atoms with Gasteiger partial charge < -0.3 is 15.3 Å². The number of hydrogen-bond donors (Lipinski definition) is 2. The van der Waals surface area contributed by atoms with Crippen molar-refractivity contribution in [3.63, 3.8) is 0 Å². The third-order valence-electron chi connectivity index (χ3n) is 3.19. The highest BCUT2D eigenvalue weighted by molar-refractivity contribution is 5.97. The molecule has 1 unspecified atom stereocenters. The average molecular weight is 292 g/mol. The Morgan fingerprint density at radius 1 is 1.29 bits per heavy atom. The fourth-order valence-electron chi connectivity index (χ4n) is 1.92. The van der Waals surface area contributed by atoms with Crippen molar-refractivity contribution in [3.05, 3.63) is 35.4 Å². The second-order valence-corrected chi connectivity index (χ2v) is 4.81. The number of carboxylic acids is 1. The van der Waals surface area contributed by atoms with E-state index in [1.165, 1.54) is 18.7 Å². The molecule has 0 aliphatic carbocycles. The molecule has 1 aromatic carbocycles. The molecular weight excluding hydrogens is 272 g/mol. The Kier molecular flexibility index (Phi) is 5.90. The van der Waals surface area contributed by atoms with Gasteiger partial charge >= 0.3 is 5.97 Å². The van der Waals surface area contributed by atoms with Crippen LogP contribution in [0.15, 0.2) is 24.3 Å². The Balaban J connectivity index is 2.95. The molecule has 0 heterocycles. The van der Waals surface area contributed by atoms with Crippen LogP contribution in [0.5, 0.6) is 0 Å². The largest absolute Gasteiger partial charge is 0.480 e. The van der Waals surface area contributed by atoms with Crippen molar-refractivity contribution in [2.75, 3.05) is 13.1 Å². The molecule has 21 heavy (non-hydrogen) atoms. The number of aliphatic carboxylic acids is 1. The Morgan fingerprint density at radius 2 is 1.90 bits per heavy atom. The topological polar surface area (TPSA) is 86.7 Å². The molecule has 1 atom stereocenters. The van der Waals surface area contributed by atoms with E-state index in [0.717, 1.165) is 5.56 Å². The Morgan fingerprint density at radius 3 is 2.43 bits per heavy atom. The summed E-state index contributed by atoms with van der Waals surface area (Å²) in [5, 5.41) is 11.7. The normalized spacial score (nSPS) is 11.6. The summed E-state index contributed by atoms with van der Waals surface area (Å²) in [5.41, 5.74) is 1.25. The number of carbonyl (C=O) groups excluding carboxylic acids is 2. The van der Waals surface area contributed by atoms with Crippen LogP contribution in [0.3, 0.4) is 0 Å². The molecule has 0 aliphatic heterocycles. The van der Waals surface area contributed by atoms with E-state index >= 15 is 0 Å². The van der Waals surface area contributed by atoms with E-state index in [1.807, 2.05) is 6.07 Å². The molecule has 114 valence electrons. The standard InChI is InChI=1S/C15H20N2O4/c1-10-6-4-5-7-13(10)14(19)17(11(2)15(20)21)9-8-16-12(3)18/h4-7,11H,8-9H2,1-3H3,(H,16,18)(H,20,21). The van der Waals surface area contributed by atoms with Gasteiger partial charge in [-0.05, 0) is 25.5 Å². The van der Waals surface area contributed by atoms with Gasteiger partial charge in [-0.2, -0.15) is 0 Å². The molecule has 0 aliphatic rings. The van der Waals surface area contributed by atoms with E-state index in [4.69, 9.17) is 5.11 Å². The van der Waals surface area contributed by atoms with Gasteiger partial charge in [-0.15, -0.1) is 0 Å². The average Bonchev–Trinajstić information content (AvgIpc) is 2.42. The Labute approximate surface area is 123 Å². The fourth-order valence-corrected chi connectivity index (χ4v) is 1.92. The molecular formula is C15H20N2O4. The van der Waals surface area contributed by atoms with Crippen LogP contribution in [0.4, 0.5) is 0 Å². The number of nitrogens with one attached hydrogen (secondary N) is 1. The number of amides is 2. The number of benzene rings is 1. The summed E-state index contributed by atoms with van der Waals surface area (Å²) in [7, 11) is 0. The summed E-state index contributed by atoms with van der Waals surface area (Å²) < 4.78 is 0. The fraction of sp³-hybridized carbons (Fsp3) is 0.400. The summed E-state index contributed by atoms with van der Waals surface area (Å²) >= 11 is 0. The maximum Gasteiger partial charge on any atom is 0.326 e. The first-order valence-corrected chi connectivity index (χ1v) is 6.68. The zero-order valence-corrected chi connectivity index (χ0v) is 12.4. The van der Waals surface area contributed by atoms with E-state index in [9.17, 15) is 14.4 Å². The first kappa shape index (κ1) is 16.7. The first-order valence-electron chi connectivity index (χ1n) is 6.68. The van der Waals surface area contributed by atoms with Crippen molar-refractivity contribution in [1.29, 1.82) is 0 Å². The van der Waals surface area contributed by atoms with Crippen LogP contribution in [0, 0.1) is 6.92 Å². The second kappa shape index (κ2) is 7.42. The van der Waals surface area contributed by atoms with Crippen LogP contribution >= 0.6 is 0 Å². The van der Waals surface area contributed by atoms with E-state index < -0.39 is 12.0 Å². The number of rotatable bonds is 6. The van der Waals surface area contributed by atoms with Crippen LogP contribution in [-0.2, 0) is 9.59 Å². The maximum atomic E-state index is 12.5. The number of hydrogen-bond acceptors (Lipinski definition) is 3. The number of carboxylic acid groups (broad SMARTS) is 1. The zero-order chi connectivity index (χ0) is 16.0. The maximum absolute atomic E-state index is 12.5. The van der Waals surface area contributed by atoms with Crippen LogP contribution < -0.4 is 5.32 Å². The van der Waals surface area contributed by atoms with Gasteiger partial charge in [0.05, 0.1) is 0 Å². The minimum atomic E-state index is -1.08. The molecule has 1 rings (SSSR count). The third kappa shape index (κ3) is 4.59. The molecule has 1 aromatic rings. The van der Waals surface area contributed by atoms with Crippen molar-refractivity contribution >= 4 is 17.8 Å². The van der Waals surface area contributed by atoms with Gasteiger partial charge in [-0.1, -0.05) is 18.2 Å². The minimum Gasteiger partial charge on any atom is -0.480 e. The number of nitrogens with zero attached hydrogens (tertiary/aromatic N) is 1. The summed E-state index contributed by atoms with van der Waals surface area (Å²) in [6.45, 7) is 4.97. The van der Waals surface area contributed by atoms with Crippen LogP contribution in [-0.4, -0.2) is 46.9 Å². The van der Waals surface area contributed by atoms with Gasteiger partial charge in [0.1, 0.15) is 6.04 Å². The lowest BCUT2D eigenvalue weighted by molar-refractivity contribution is -0.141. The lowest BCUT2D eigenvalue weighted by atomic mass is 10.1. The van der Waals surface area contributed by atoms with E-state index in [2.05, 4.69) is 5.32 Å². The smallest absolute Gasteiger partial charge is 0.326 e. The summed E-state index contributed by atoms with van der Waals surface area (Å²) in [6.07, 6.45) is 0. The summed E-state index contributed by atoms with van der Waals surface area (Å²) in [5.74, 6) is -1.66. The van der Waals surface area contributed by atoms with Gasteiger partial charge in [-0.25, -0.2) is 4.79 Å². The van der Waals surface area contributed by atoms with E-state index in [0.29, 0.717) is 5.56 Å². The molecule has 2 amide bonds. The molecule has 0 bridgehead atoms. The van der Waals surface area contributed by atoms with Crippen LogP contribution in [0.1, 0.15) is 29.8 Å². The molecule has 2 N–H and O–H groups in total. The van der Waals surface area contributed by atoms with Crippen molar-refractivity contribution in [2.24, 2.45) is 0 Å². The minimum absolute atomic E-state index is 0.139. The highest BCUT2D eigenvalue weighted by atomic mass is 16.4. The third-order valence-corrected chi connectivity index (χ3v) is 3.19. The molecule has 0 aromatic heterocycles.